The van der Waals surface area contributed by atoms with Crippen molar-refractivity contribution in [3.63, 3.8) is 0 Å². The molecule has 2 rings (SSSR count). The number of unbranched alkanes of at least 4 members (excludes halogenated alkanes) is 1. The molecule has 0 saturated carbocycles. The van der Waals surface area contributed by atoms with Gasteiger partial charge in [0.2, 0.25) is 11.8 Å². The second kappa shape index (κ2) is 12.6. The Bertz CT molecular complexity index is 1090. The molecular weight excluding hydrogens is 471 g/mol. The largest absolute Gasteiger partial charge is 0.354 e. The fourth-order valence-electron chi connectivity index (χ4n) is 3.33. The van der Waals surface area contributed by atoms with E-state index in [9.17, 15) is 22.4 Å². The molecule has 35 heavy (non-hydrogen) atoms. The number of hydrogen-bond acceptors (Lipinski definition) is 4. The molecule has 0 aliphatic rings. The van der Waals surface area contributed by atoms with Crippen LogP contribution in [0.5, 0.6) is 0 Å². The third-order valence-electron chi connectivity index (χ3n) is 5.60. The molecule has 10 heteroatoms. The molecule has 192 valence electrons. The Morgan fingerprint density at radius 1 is 1.03 bits per heavy atom. The Morgan fingerprint density at radius 3 is 2.17 bits per heavy atom. The van der Waals surface area contributed by atoms with Crippen molar-refractivity contribution in [1.82, 2.24) is 14.5 Å². The molecule has 0 aliphatic heterocycles. The Labute approximate surface area is 207 Å². The minimum Gasteiger partial charge on any atom is -0.354 e. The summed E-state index contributed by atoms with van der Waals surface area (Å²) in [6, 6.07) is 11.6. The van der Waals surface area contributed by atoms with Crippen molar-refractivity contribution in [2.24, 2.45) is 0 Å². The van der Waals surface area contributed by atoms with Crippen LogP contribution in [0, 0.1) is 12.7 Å². The van der Waals surface area contributed by atoms with E-state index in [1.165, 1.54) is 31.1 Å². The van der Waals surface area contributed by atoms with Crippen LogP contribution < -0.4 is 9.62 Å². The summed E-state index contributed by atoms with van der Waals surface area (Å²) in [4.78, 5) is 27.7. The fraction of sp³-hybridized carbons (Fsp3) is 0.440. The van der Waals surface area contributed by atoms with Crippen LogP contribution in [0.2, 0.25) is 0 Å². The first kappa shape index (κ1) is 28.3. The lowest BCUT2D eigenvalue weighted by atomic mass is 10.1. The minimum atomic E-state index is -4.08. The molecule has 0 heterocycles. The van der Waals surface area contributed by atoms with Gasteiger partial charge in [0.25, 0.3) is 0 Å². The van der Waals surface area contributed by atoms with Gasteiger partial charge in [-0.15, -0.1) is 0 Å². The SMILES string of the molecule is CCCCNC(=O)[C@@H](C)N(Cc1ccc(C)cc1)C(=O)CN(c1ccc(F)cc1)S(=O)(=O)N(C)C. The highest BCUT2D eigenvalue weighted by molar-refractivity contribution is 7.90. The zero-order valence-corrected chi connectivity index (χ0v) is 21.8. The van der Waals surface area contributed by atoms with Gasteiger partial charge in [-0.2, -0.15) is 12.7 Å². The molecule has 0 saturated heterocycles. The average Bonchev–Trinajstić information content (AvgIpc) is 2.82. The van der Waals surface area contributed by atoms with Crippen LogP contribution in [0.4, 0.5) is 10.1 Å². The Kier molecular flexibility index (Phi) is 10.2. The molecule has 1 N–H and O–H groups in total. The lowest BCUT2D eigenvalue weighted by Crippen LogP contribution is -2.52. The van der Waals surface area contributed by atoms with Crippen LogP contribution >= 0.6 is 0 Å². The van der Waals surface area contributed by atoms with Crippen LogP contribution in [-0.4, -0.2) is 62.7 Å². The topological polar surface area (TPSA) is 90.0 Å². The maximum absolute atomic E-state index is 13.6. The molecule has 0 aromatic heterocycles. The van der Waals surface area contributed by atoms with Crippen LogP contribution in [0.15, 0.2) is 48.5 Å². The first-order valence-electron chi connectivity index (χ1n) is 11.6. The Balaban J connectivity index is 2.39. The highest BCUT2D eigenvalue weighted by Crippen LogP contribution is 2.21. The summed E-state index contributed by atoms with van der Waals surface area (Å²) in [6.07, 6.45) is 1.72. The fourth-order valence-corrected chi connectivity index (χ4v) is 4.39. The predicted molar refractivity (Wildman–Crippen MR) is 135 cm³/mol. The maximum atomic E-state index is 13.6. The molecule has 2 amide bonds. The van der Waals surface area contributed by atoms with Gasteiger partial charge in [-0.05, 0) is 50.1 Å². The molecular formula is C25H35FN4O4S. The number of amides is 2. The summed E-state index contributed by atoms with van der Waals surface area (Å²) in [5.41, 5.74) is 2.00. The van der Waals surface area contributed by atoms with E-state index in [1.807, 2.05) is 38.1 Å². The van der Waals surface area contributed by atoms with Gasteiger partial charge >= 0.3 is 10.2 Å². The number of carbonyl (C=O) groups is 2. The smallest absolute Gasteiger partial charge is 0.304 e. The van der Waals surface area contributed by atoms with E-state index >= 15 is 0 Å². The summed E-state index contributed by atoms with van der Waals surface area (Å²) in [7, 11) is -1.38. The van der Waals surface area contributed by atoms with E-state index in [0.717, 1.165) is 44.7 Å². The van der Waals surface area contributed by atoms with Gasteiger partial charge in [-0.1, -0.05) is 43.2 Å². The number of aryl methyl sites for hydroxylation is 1. The number of rotatable bonds is 12. The number of halogens is 1. The molecule has 2 aromatic carbocycles. The Morgan fingerprint density at radius 2 is 1.63 bits per heavy atom. The molecule has 0 aliphatic carbocycles. The van der Waals surface area contributed by atoms with E-state index in [0.29, 0.717) is 6.54 Å². The second-order valence-corrected chi connectivity index (χ2v) is 10.7. The van der Waals surface area contributed by atoms with Crippen molar-refractivity contribution >= 4 is 27.7 Å². The third kappa shape index (κ3) is 7.76. The zero-order valence-electron chi connectivity index (χ0n) is 21.0. The van der Waals surface area contributed by atoms with Gasteiger partial charge < -0.3 is 10.2 Å². The number of nitrogens with one attached hydrogen (secondary N) is 1. The number of hydrogen-bond donors (Lipinski definition) is 1. The summed E-state index contributed by atoms with van der Waals surface area (Å²) in [5.74, 6) is -1.40. The van der Waals surface area contributed by atoms with E-state index in [-0.39, 0.29) is 18.1 Å². The first-order valence-corrected chi connectivity index (χ1v) is 13.0. The van der Waals surface area contributed by atoms with Crippen molar-refractivity contribution in [3.8, 4) is 0 Å². The Hall–Kier alpha value is -2.98. The first-order chi connectivity index (χ1) is 16.5. The van der Waals surface area contributed by atoms with Gasteiger partial charge in [-0.3, -0.25) is 9.59 Å². The van der Waals surface area contributed by atoms with Gasteiger partial charge in [0.15, 0.2) is 0 Å². The van der Waals surface area contributed by atoms with Gasteiger partial charge in [-0.25, -0.2) is 8.70 Å². The van der Waals surface area contributed by atoms with Crippen LogP contribution in [0.3, 0.4) is 0 Å². The number of anilines is 1. The predicted octanol–water partition coefficient (Wildman–Crippen LogP) is 3.08. The lowest BCUT2D eigenvalue weighted by molar-refractivity contribution is -0.139. The second-order valence-electron chi connectivity index (χ2n) is 8.60. The minimum absolute atomic E-state index is 0.126. The molecule has 2 aromatic rings. The summed E-state index contributed by atoms with van der Waals surface area (Å²) in [5, 5.41) is 2.84. The summed E-state index contributed by atoms with van der Waals surface area (Å²) < 4.78 is 41.5. The molecule has 0 bridgehead atoms. The third-order valence-corrected chi connectivity index (χ3v) is 7.42. The zero-order chi connectivity index (χ0) is 26.2. The standard InChI is InChI=1S/C25H35FN4O4S/c1-6-7-16-27-25(32)20(3)29(17-21-10-8-19(2)9-11-21)24(31)18-30(35(33,34)28(4)5)23-14-12-22(26)13-15-23/h8-15,20H,6-7,16-18H2,1-5H3,(H,27,32)/t20-/m1/s1. The van der Waals surface area contributed by atoms with Gasteiger partial charge in [0.1, 0.15) is 18.4 Å². The highest BCUT2D eigenvalue weighted by Gasteiger charge is 2.32. The van der Waals surface area contributed by atoms with E-state index in [2.05, 4.69) is 5.32 Å². The molecule has 0 unspecified atom stereocenters. The van der Waals surface area contributed by atoms with Gasteiger partial charge in [0, 0.05) is 27.2 Å². The van der Waals surface area contributed by atoms with Crippen molar-refractivity contribution in [1.29, 1.82) is 0 Å². The molecule has 0 radical (unpaired) electrons. The lowest BCUT2D eigenvalue weighted by Gasteiger charge is -2.32. The average molecular weight is 507 g/mol. The van der Waals surface area contributed by atoms with Crippen molar-refractivity contribution in [2.75, 3.05) is 31.5 Å². The summed E-state index contributed by atoms with van der Waals surface area (Å²) in [6.45, 7) is 5.64. The summed E-state index contributed by atoms with van der Waals surface area (Å²) >= 11 is 0. The van der Waals surface area contributed by atoms with Crippen LogP contribution in [-0.2, 0) is 26.3 Å². The van der Waals surface area contributed by atoms with Crippen molar-refractivity contribution < 1.29 is 22.4 Å². The van der Waals surface area contributed by atoms with Gasteiger partial charge in [0.05, 0.1) is 5.69 Å². The van der Waals surface area contributed by atoms with E-state index < -0.39 is 34.5 Å². The van der Waals surface area contributed by atoms with Crippen LogP contribution in [0.25, 0.3) is 0 Å². The molecule has 0 fully saturated rings. The monoisotopic (exact) mass is 506 g/mol. The maximum Gasteiger partial charge on any atom is 0.304 e. The number of carbonyl (C=O) groups excluding carboxylic acids is 2. The quantitative estimate of drug-likeness (QED) is 0.448. The van der Waals surface area contributed by atoms with Crippen LogP contribution in [0.1, 0.15) is 37.8 Å². The molecule has 8 nitrogen and oxygen atoms in total. The van der Waals surface area contributed by atoms with E-state index in [4.69, 9.17) is 0 Å². The number of nitrogens with zero attached hydrogens (tertiary/aromatic N) is 3. The molecule has 1 atom stereocenters. The van der Waals surface area contributed by atoms with Crippen molar-refractivity contribution in [3.05, 3.63) is 65.5 Å². The van der Waals surface area contributed by atoms with E-state index in [1.54, 1.807) is 6.92 Å². The highest BCUT2D eigenvalue weighted by atomic mass is 32.2. The van der Waals surface area contributed by atoms with Crippen molar-refractivity contribution in [2.45, 2.75) is 46.2 Å². The molecule has 0 spiro atoms. The normalized spacial score (nSPS) is 12.3. The number of benzene rings is 2.